The van der Waals surface area contributed by atoms with E-state index in [2.05, 4.69) is 4.74 Å². The maximum absolute atomic E-state index is 13.2. The fourth-order valence-corrected chi connectivity index (χ4v) is 1.88. The minimum atomic E-state index is -4.99. The molecule has 0 fully saturated rings. The highest BCUT2D eigenvalue weighted by atomic mass is 32.3. The van der Waals surface area contributed by atoms with Crippen molar-refractivity contribution < 1.29 is 26.2 Å². The molecule has 0 radical (unpaired) electrons. The zero-order valence-electron chi connectivity index (χ0n) is 8.45. The van der Waals surface area contributed by atoms with Crippen LogP contribution in [0.25, 0.3) is 0 Å². The molecule has 0 aliphatic rings. The number of benzene rings is 1. The Morgan fingerprint density at radius 2 is 1.94 bits per heavy atom. The predicted octanol–water partition coefficient (Wildman–Crippen LogP) is 1.58. The number of hydrogen-bond donors (Lipinski definition) is 0. The van der Waals surface area contributed by atoms with Crippen molar-refractivity contribution in [3.63, 3.8) is 0 Å². The van der Waals surface area contributed by atoms with E-state index in [1.165, 1.54) is 6.92 Å². The maximum atomic E-state index is 13.2. The van der Waals surface area contributed by atoms with Crippen molar-refractivity contribution in [3.8, 4) is 0 Å². The van der Waals surface area contributed by atoms with Gasteiger partial charge in [-0.2, -0.15) is 8.42 Å². The van der Waals surface area contributed by atoms with E-state index in [-0.39, 0.29) is 5.56 Å². The lowest BCUT2D eigenvalue weighted by atomic mass is 10.1. The largest absolute Gasteiger partial charge is 0.465 e. The summed E-state index contributed by atoms with van der Waals surface area (Å²) in [6, 6.07) is 1.38. The van der Waals surface area contributed by atoms with E-state index < -0.39 is 32.5 Å². The SMILES string of the molecule is COC(=O)c1cc(S(=O)(=O)F)c(C)cc1F. The van der Waals surface area contributed by atoms with Crippen LogP contribution in [-0.4, -0.2) is 21.5 Å². The van der Waals surface area contributed by atoms with E-state index in [0.29, 0.717) is 6.07 Å². The third-order valence-corrected chi connectivity index (χ3v) is 2.90. The molecule has 0 bridgehead atoms. The van der Waals surface area contributed by atoms with Gasteiger partial charge in [0.25, 0.3) is 0 Å². The summed E-state index contributed by atoms with van der Waals surface area (Å²) in [5.74, 6) is -2.03. The summed E-state index contributed by atoms with van der Waals surface area (Å²) in [6.07, 6.45) is 0. The Morgan fingerprint density at radius 1 is 1.38 bits per heavy atom. The smallest absolute Gasteiger partial charge is 0.340 e. The first-order valence-corrected chi connectivity index (χ1v) is 5.49. The Bertz CT molecular complexity index is 537. The highest BCUT2D eigenvalue weighted by Gasteiger charge is 2.21. The number of ether oxygens (including phenoxy) is 1. The molecule has 0 N–H and O–H groups in total. The van der Waals surface area contributed by atoms with Crippen molar-refractivity contribution in [1.82, 2.24) is 0 Å². The van der Waals surface area contributed by atoms with Crippen LogP contribution in [0.2, 0.25) is 0 Å². The van der Waals surface area contributed by atoms with Crippen molar-refractivity contribution in [2.45, 2.75) is 11.8 Å². The van der Waals surface area contributed by atoms with Crippen LogP contribution in [0.15, 0.2) is 17.0 Å². The topological polar surface area (TPSA) is 60.4 Å². The van der Waals surface area contributed by atoms with Gasteiger partial charge < -0.3 is 4.74 Å². The molecular formula is C9H8F2O4S. The predicted molar refractivity (Wildman–Crippen MR) is 50.8 cm³/mol. The number of rotatable bonds is 2. The molecule has 0 saturated carbocycles. The summed E-state index contributed by atoms with van der Waals surface area (Å²) in [5.41, 5.74) is -0.739. The highest BCUT2D eigenvalue weighted by Crippen LogP contribution is 2.22. The van der Waals surface area contributed by atoms with Crippen LogP contribution in [0.4, 0.5) is 8.28 Å². The molecule has 7 heteroatoms. The molecule has 0 aliphatic heterocycles. The van der Waals surface area contributed by atoms with E-state index in [9.17, 15) is 21.5 Å². The zero-order chi connectivity index (χ0) is 12.5. The number of halogens is 2. The summed E-state index contributed by atoms with van der Waals surface area (Å²) >= 11 is 0. The lowest BCUT2D eigenvalue weighted by Crippen LogP contribution is -2.07. The minimum absolute atomic E-state index is 0.118. The second-order valence-corrected chi connectivity index (χ2v) is 4.34. The molecule has 16 heavy (non-hydrogen) atoms. The normalized spacial score (nSPS) is 11.2. The molecule has 1 aromatic rings. The molecule has 0 heterocycles. The van der Waals surface area contributed by atoms with Gasteiger partial charge in [-0.15, -0.1) is 3.89 Å². The van der Waals surface area contributed by atoms with E-state index in [0.717, 1.165) is 13.2 Å². The van der Waals surface area contributed by atoms with Gasteiger partial charge in [0, 0.05) is 0 Å². The second-order valence-electron chi connectivity index (χ2n) is 3.03. The fourth-order valence-electron chi connectivity index (χ4n) is 1.18. The lowest BCUT2D eigenvalue weighted by molar-refractivity contribution is 0.0595. The van der Waals surface area contributed by atoms with Crippen molar-refractivity contribution in [2.75, 3.05) is 7.11 Å². The van der Waals surface area contributed by atoms with E-state index in [1.54, 1.807) is 0 Å². The average Bonchev–Trinajstić information content (AvgIpc) is 2.14. The molecule has 0 unspecified atom stereocenters. The molecule has 1 aromatic carbocycles. The molecular weight excluding hydrogens is 242 g/mol. The Morgan fingerprint density at radius 3 is 2.38 bits per heavy atom. The first-order chi connectivity index (χ1) is 7.27. The molecule has 0 saturated heterocycles. The van der Waals surface area contributed by atoms with Gasteiger partial charge in [0.15, 0.2) is 0 Å². The summed E-state index contributed by atoms with van der Waals surface area (Å²) in [5, 5.41) is 0. The summed E-state index contributed by atoms with van der Waals surface area (Å²) in [7, 11) is -3.98. The van der Waals surface area contributed by atoms with Gasteiger partial charge in [-0.1, -0.05) is 0 Å². The summed E-state index contributed by atoms with van der Waals surface area (Å²) < 4.78 is 51.6. The first kappa shape index (κ1) is 12.6. The van der Waals surface area contributed by atoms with Gasteiger partial charge in [-0.05, 0) is 24.6 Å². The molecule has 0 amide bonds. The van der Waals surface area contributed by atoms with Crippen molar-refractivity contribution in [2.24, 2.45) is 0 Å². The van der Waals surface area contributed by atoms with Crippen molar-refractivity contribution >= 4 is 16.2 Å². The third kappa shape index (κ3) is 2.35. The standard InChI is InChI=1S/C9H8F2O4S/c1-5-3-7(10)6(9(12)15-2)4-8(5)16(11,13)14/h3-4H,1-2H3. The van der Waals surface area contributed by atoms with Crippen LogP contribution in [0, 0.1) is 12.7 Å². The van der Waals surface area contributed by atoms with E-state index in [4.69, 9.17) is 0 Å². The molecule has 88 valence electrons. The number of carbonyl (C=O) groups is 1. The highest BCUT2D eigenvalue weighted by molar-refractivity contribution is 7.86. The number of carbonyl (C=O) groups excluding carboxylic acids is 1. The van der Waals surface area contributed by atoms with Crippen LogP contribution in [0.5, 0.6) is 0 Å². The van der Waals surface area contributed by atoms with Crippen LogP contribution in [-0.2, 0) is 15.0 Å². The fraction of sp³-hybridized carbons (Fsp3) is 0.222. The van der Waals surface area contributed by atoms with Gasteiger partial charge in [0.2, 0.25) is 0 Å². The third-order valence-electron chi connectivity index (χ3n) is 1.93. The van der Waals surface area contributed by atoms with Gasteiger partial charge in [0.05, 0.1) is 12.7 Å². The molecule has 0 atom stereocenters. The van der Waals surface area contributed by atoms with Crippen LogP contribution < -0.4 is 0 Å². The number of hydrogen-bond acceptors (Lipinski definition) is 4. The van der Waals surface area contributed by atoms with Crippen LogP contribution in [0.1, 0.15) is 15.9 Å². The van der Waals surface area contributed by atoms with Gasteiger partial charge in [-0.3, -0.25) is 0 Å². The Hall–Kier alpha value is -1.50. The van der Waals surface area contributed by atoms with Gasteiger partial charge in [-0.25, -0.2) is 9.18 Å². The van der Waals surface area contributed by atoms with Gasteiger partial charge in [0.1, 0.15) is 10.7 Å². The number of methoxy groups -OCH3 is 1. The Kier molecular flexibility index (Phi) is 3.27. The maximum Gasteiger partial charge on any atom is 0.340 e. The lowest BCUT2D eigenvalue weighted by Gasteiger charge is -2.05. The monoisotopic (exact) mass is 250 g/mol. The first-order valence-electron chi connectivity index (χ1n) is 4.10. The Balaban J connectivity index is 3.51. The van der Waals surface area contributed by atoms with Crippen LogP contribution >= 0.6 is 0 Å². The molecule has 1 rings (SSSR count). The quantitative estimate of drug-likeness (QED) is 0.590. The zero-order valence-corrected chi connectivity index (χ0v) is 9.27. The van der Waals surface area contributed by atoms with Crippen molar-refractivity contribution in [3.05, 3.63) is 29.1 Å². The number of esters is 1. The van der Waals surface area contributed by atoms with Crippen molar-refractivity contribution in [1.29, 1.82) is 0 Å². The van der Waals surface area contributed by atoms with E-state index >= 15 is 0 Å². The molecule has 0 aromatic heterocycles. The number of aryl methyl sites for hydroxylation is 1. The van der Waals surface area contributed by atoms with E-state index in [1.807, 2.05) is 0 Å². The summed E-state index contributed by atoms with van der Waals surface area (Å²) in [4.78, 5) is 10.3. The molecule has 0 spiro atoms. The Labute approximate surface area is 91.1 Å². The minimum Gasteiger partial charge on any atom is -0.465 e. The molecule has 4 nitrogen and oxygen atoms in total. The van der Waals surface area contributed by atoms with Crippen LogP contribution in [0.3, 0.4) is 0 Å². The molecule has 0 aliphatic carbocycles. The summed E-state index contributed by atoms with van der Waals surface area (Å²) in [6.45, 7) is 1.22. The second kappa shape index (κ2) is 4.17. The van der Waals surface area contributed by atoms with Gasteiger partial charge >= 0.3 is 16.2 Å². The average molecular weight is 250 g/mol.